The van der Waals surface area contributed by atoms with E-state index in [1.54, 1.807) is 12.1 Å². The van der Waals surface area contributed by atoms with Gasteiger partial charge in [-0.15, -0.1) is 11.3 Å². The summed E-state index contributed by atoms with van der Waals surface area (Å²) in [5, 5.41) is 3.48. The molecule has 0 saturated carbocycles. The van der Waals surface area contributed by atoms with Gasteiger partial charge in [0.2, 0.25) is 0 Å². The second-order valence-corrected chi connectivity index (χ2v) is 8.80. The molecular weight excluding hydrogens is 332 g/mol. The molecule has 2 aromatic rings. The predicted molar refractivity (Wildman–Crippen MR) is 102 cm³/mol. The summed E-state index contributed by atoms with van der Waals surface area (Å²) in [6, 6.07) is 9.00. The third kappa shape index (κ3) is 3.61. The summed E-state index contributed by atoms with van der Waals surface area (Å²) in [5.74, 6) is -0.110. The van der Waals surface area contributed by atoms with Gasteiger partial charge in [0.05, 0.1) is 5.56 Å². The average Bonchev–Trinajstić information content (AvgIpc) is 2.91. The number of amides is 2. The van der Waals surface area contributed by atoms with Gasteiger partial charge in [0.25, 0.3) is 11.8 Å². The van der Waals surface area contributed by atoms with E-state index in [0.29, 0.717) is 22.0 Å². The monoisotopic (exact) mass is 356 g/mol. The van der Waals surface area contributed by atoms with Crippen LogP contribution in [0.1, 0.15) is 58.3 Å². The summed E-state index contributed by atoms with van der Waals surface area (Å²) in [5.41, 5.74) is 7.95. The molecule has 0 unspecified atom stereocenters. The topological polar surface area (TPSA) is 72.2 Å². The second kappa shape index (κ2) is 6.64. The number of hydrogen-bond donors (Lipinski definition) is 2. The number of carbonyl (C=O) groups excluding carboxylic acids is 2. The first-order valence-electron chi connectivity index (χ1n) is 8.58. The first-order valence-corrected chi connectivity index (χ1v) is 9.39. The lowest BCUT2D eigenvalue weighted by Crippen LogP contribution is -2.27. The van der Waals surface area contributed by atoms with Crippen LogP contribution in [-0.4, -0.2) is 11.8 Å². The molecule has 1 aromatic carbocycles. The van der Waals surface area contributed by atoms with Crippen LogP contribution < -0.4 is 11.1 Å². The van der Waals surface area contributed by atoms with Gasteiger partial charge >= 0.3 is 0 Å². The third-order valence-electron chi connectivity index (χ3n) is 5.00. The maximum absolute atomic E-state index is 12.5. The smallest absolute Gasteiger partial charge is 0.256 e. The molecule has 1 aliphatic rings. The molecule has 1 heterocycles. The van der Waals surface area contributed by atoms with Gasteiger partial charge in [0.1, 0.15) is 5.00 Å². The van der Waals surface area contributed by atoms with Crippen LogP contribution in [0, 0.1) is 11.3 Å². The fourth-order valence-corrected chi connectivity index (χ4v) is 4.77. The van der Waals surface area contributed by atoms with Crippen molar-refractivity contribution in [2.45, 2.75) is 40.0 Å². The van der Waals surface area contributed by atoms with E-state index in [1.165, 1.54) is 16.2 Å². The summed E-state index contributed by atoms with van der Waals surface area (Å²) in [6.07, 6.45) is 2.82. The maximum atomic E-state index is 12.5. The van der Waals surface area contributed by atoms with Gasteiger partial charge in [-0.2, -0.15) is 0 Å². The number of carbonyl (C=O) groups is 2. The van der Waals surface area contributed by atoms with Crippen LogP contribution in [-0.2, 0) is 12.8 Å². The normalized spacial score (nSPS) is 17.0. The highest BCUT2D eigenvalue weighted by Crippen LogP contribution is 2.44. The minimum atomic E-state index is -0.463. The van der Waals surface area contributed by atoms with Crippen molar-refractivity contribution in [1.29, 1.82) is 0 Å². The lowest BCUT2D eigenvalue weighted by Gasteiger charge is -2.33. The lowest BCUT2D eigenvalue weighted by atomic mass is 9.72. The highest BCUT2D eigenvalue weighted by molar-refractivity contribution is 7.17. The first kappa shape index (κ1) is 17.7. The van der Waals surface area contributed by atoms with E-state index in [1.807, 2.05) is 18.2 Å². The quantitative estimate of drug-likeness (QED) is 0.863. The Labute approximate surface area is 152 Å². The van der Waals surface area contributed by atoms with E-state index in [-0.39, 0.29) is 11.3 Å². The van der Waals surface area contributed by atoms with Crippen LogP contribution in [0.3, 0.4) is 0 Å². The predicted octanol–water partition coefficient (Wildman–Crippen LogP) is 4.25. The standard InChI is InChI=1S/C20H24N2O2S/c1-20(2,3)13-9-10-14-15(11-13)25-19(16(14)17(21)23)22-18(24)12-7-5-4-6-8-12/h4-8,13H,9-11H2,1-3H3,(H2,21,23)(H,22,24)/t13-/m0/s1. The molecule has 4 nitrogen and oxygen atoms in total. The lowest BCUT2D eigenvalue weighted by molar-refractivity contribution is 0.1000. The van der Waals surface area contributed by atoms with Gasteiger partial charge in [-0.25, -0.2) is 0 Å². The van der Waals surface area contributed by atoms with Crippen molar-refractivity contribution in [2.75, 3.05) is 5.32 Å². The average molecular weight is 356 g/mol. The van der Waals surface area contributed by atoms with Crippen LogP contribution in [0.25, 0.3) is 0 Å². The molecule has 5 heteroatoms. The van der Waals surface area contributed by atoms with Gasteiger partial charge in [-0.3, -0.25) is 9.59 Å². The third-order valence-corrected chi connectivity index (χ3v) is 6.17. The molecule has 0 saturated heterocycles. The van der Waals surface area contributed by atoms with Crippen molar-refractivity contribution in [1.82, 2.24) is 0 Å². The summed E-state index contributed by atoms with van der Waals surface area (Å²) in [6.45, 7) is 6.76. The molecule has 0 spiro atoms. The summed E-state index contributed by atoms with van der Waals surface area (Å²) >= 11 is 1.50. The molecule has 2 amide bonds. The molecule has 3 rings (SSSR count). The highest BCUT2D eigenvalue weighted by Gasteiger charge is 2.33. The number of nitrogens with two attached hydrogens (primary N) is 1. The van der Waals surface area contributed by atoms with Crippen molar-refractivity contribution < 1.29 is 9.59 Å². The molecule has 1 atom stereocenters. The fraction of sp³-hybridized carbons (Fsp3) is 0.400. The van der Waals surface area contributed by atoms with Gasteiger partial charge in [-0.05, 0) is 48.3 Å². The van der Waals surface area contributed by atoms with Gasteiger partial charge in [0, 0.05) is 10.4 Å². The number of anilines is 1. The van der Waals surface area contributed by atoms with Crippen molar-refractivity contribution in [2.24, 2.45) is 17.1 Å². The molecule has 1 aromatic heterocycles. The molecule has 0 radical (unpaired) electrons. The van der Waals surface area contributed by atoms with Gasteiger partial charge in [-0.1, -0.05) is 39.0 Å². The summed E-state index contributed by atoms with van der Waals surface area (Å²) in [4.78, 5) is 25.7. The largest absolute Gasteiger partial charge is 0.365 e. The maximum Gasteiger partial charge on any atom is 0.256 e. The Morgan fingerprint density at radius 1 is 1.20 bits per heavy atom. The summed E-state index contributed by atoms with van der Waals surface area (Å²) < 4.78 is 0. The molecular formula is C20H24N2O2S. The van der Waals surface area contributed by atoms with Crippen molar-refractivity contribution >= 4 is 28.2 Å². The van der Waals surface area contributed by atoms with Crippen LogP contribution in [0.2, 0.25) is 0 Å². The molecule has 1 aliphatic carbocycles. The Hall–Kier alpha value is -2.14. The molecule has 0 fully saturated rings. The minimum absolute atomic E-state index is 0.214. The number of nitrogens with one attached hydrogen (secondary N) is 1. The zero-order valence-corrected chi connectivity index (χ0v) is 15.7. The van der Waals surface area contributed by atoms with Gasteiger partial charge in [0.15, 0.2) is 0 Å². The van der Waals surface area contributed by atoms with E-state index in [9.17, 15) is 9.59 Å². The molecule has 0 bridgehead atoms. The molecule has 0 aliphatic heterocycles. The Morgan fingerprint density at radius 2 is 1.88 bits per heavy atom. The first-order chi connectivity index (χ1) is 11.8. The van der Waals surface area contributed by atoms with Crippen LogP contribution in [0.5, 0.6) is 0 Å². The molecule has 132 valence electrons. The second-order valence-electron chi connectivity index (χ2n) is 7.70. The minimum Gasteiger partial charge on any atom is -0.365 e. The van der Waals surface area contributed by atoms with E-state index in [2.05, 4.69) is 26.1 Å². The van der Waals surface area contributed by atoms with E-state index < -0.39 is 5.91 Å². The van der Waals surface area contributed by atoms with Crippen LogP contribution in [0.4, 0.5) is 5.00 Å². The Morgan fingerprint density at radius 3 is 2.48 bits per heavy atom. The Bertz CT molecular complexity index is 803. The Balaban J connectivity index is 1.92. The number of rotatable bonds is 3. The highest BCUT2D eigenvalue weighted by atomic mass is 32.1. The number of primary amides is 1. The number of thiophene rings is 1. The number of benzene rings is 1. The number of fused-ring (bicyclic) bond motifs is 1. The van der Waals surface area contributed by atoms with E-state index in [0.717, 1.165) is 24.8 Å². The van der Waals surface area contributed by atoms with Crippen LogP contribution >= 0.6 is 11.3 Å². The fourth-order valence-electron chi connectivity index (χ4n) is 3.44. The van der Waals surface area contributed by atoms with Crippen molar-refractivity contribution in [3.05, 3.63) is 51.9 Å². The zero-order chi connectivity index (χ0) is 18.2. The Kier molecular flexibility index (Phi) is 4.69. The summed E-state index contributed by atoms with van der Waals surface area (Å²) in [7, 11) is 0. The molecule has 3 N–H and O–H groups in total. The SMILES string of the molecule is CC(C)(C)[C@H]1CCc2c(sc(NC(=O)c3ccccc3)c2C(N)=O)C1. The van der Waals surface area contributed by atoms with E-state index >= 15 is 0 Å². The van der Waals surface area contributed by atoms with E-state index in [4.69, 9.17) is 5.73 Å². The van der Waals surface area contributed by atoms with Crippen molar-refractivity contribution in [3.8, 4) is 0 Å². The zero-order valence-electron chi connectivity index (χ0n) is 14.9. The molecule has 25 heavy (non-hydrogen) atoms. The number of hydrogen-bond acceptors (Lipinski definition) is 3. The van der Waals surface area contributed by atoms with Crippen LogP contribution in [0.15, 0.2) is 30.3 Å². The van der Waals surface area contributed by atoms with Crippen molar-refractivity contribution in [3.63, 3.8) is 0 Å². The van der Waals surface area contributed by atoms with Gasteiger partial charge < -0.3 is 11.1 Å².